The topological polar surface area (TPSA) is 12.5 Å². The van der Waals surface area contributed by atoms with Crippen LogP contribution in [0.2, 0.25) is 5.02 Å². The Labute approximate surface area is 202 Å². The van der Waals surface area contributed by atoms with E-state index in [1.807, 2.05) is 26.0 Å². The Hall–Kier alpha value is -2.17. The lowest BCUT2D eigenvalue weighted by atomic mass is 9.88. The molecular weight excluding hydrogens is 441 g/mol. The van der Waals surface area contributed by atoms with Gasteiger partial charge in [-0.3, -0.25) is 0 Å². The number of benzene rings is 2. The predicted molar refractivity (Wildman–Crippen MR) is 141 cm³/mol. The Morgan fingerprint density at radius 2 is 1.88 bits per heavy atom. The number of rotatable bonds is 7. The lowest BCUT2D eigenvalue weighted by Gasteiger charge is -2.32. The van der Waals surface area contributed by atoms with E-state index in [-0.39, 0.29) is 5.02 Å². The van der Waals surface area contributed by atoms with Crippen molar-refractivity contribution in [2.75, 3.05) is 23.8 Å². The standard InChI is InChI=1S/C24H25ClFNOS.C3H8/c1-5-28-23-13-22-19(16(4)20(15(2)3)14-27(22)9-10-29)12-18(23)11-17-7-6-8-21(25)24(17)26;1-3-2/h6-8,12-14,29H,2,4-5,9-11H2,1,3H3;3H2,1-2H3. The summed E-state index contributed by atoms with van der Waals surface area (Å²) in [4.78, 5) is 2.15. The Morgan fingerprint density at radius 3 is 2.47 bits per heavy atom. The molecule has 0 saturated carbocycles. The second-order valence-electron chi connectivity index (χ2n) is 7.73. The Kier molecular flexibility index (Phi) is 9.92. The minimum Gasteiger partial charge on any atom is -0.494 e. The van der Waals surface area contributed by atoms with Gasteiger partial charge >= 0.3 is 0 Å². The normalized spacial score (nSPS) is 12.5. The third-order valence-corrected chi connectivity index (χ3v) is 5.43. The summed E-state index contributed by atoms with van der Waals surface area (Å²) in [5.74, 6) is 1.04. The van der Waals surface area contributed by atoms with Gasteiger partial charge in [-0.1, -0.05) is 57.2 Å². The Morgan fingerprint density at radius 1 is 1.19 bits per heavy atom. The number of hydrogen-bond donors (Lipinski definition) is 1. The van der Waals surface area contributed by atoms with Gasteiger partial charge in [0.1, 0.15) is 11.6 Å². The monoisotopic (exact) mass is 473 g/mol. The van der Waals surface area contributed by atoms with E-state index < -0.39 is 5.82 Å². The van der Waals surface area contributed by atoms with Crippen molar-refractivity contribution >= 4 is 35.5 Å². The molecule has 0 aliphatic carbocycles. The van der Waals surface area contributed by atoms with Crippen molar-refractivity contribution in [1.82, 2.24) is 0 Å². The zero-order chi connectivity index (χ0) is 23.8. The number of allylic oxidation sites excluding steroid dienone is 3. The van der Waals surface area contributed by atoms with Crippen LogP contribution in [0.3, 0.4) is 0 Å². The van der Waals surface area contributed by atoms with Crippen LogP contribution in [0.5, 0.6) is 5.75 Å². The molecule has 2 aromatic rings. The SMILES string of the molecule is C=C(C)C1=CN(CCS)c2cc(OCC)c(Cc3cccc(Cl)c3F)cc2C1=C.CCC. The molecule has 0 N–H and O–H groups in total. The van der Waals surface area contributed by atoms with Gasteiger partial charge in [-0.05, 0) is 48.3 Å². The summed E-state index contributed by atoms with van der Waals surface area (Å²) < 4.78 is 20.4. The fourth-order valence-electron chi connectivity index (χ4n) is 3.52. The van der Waals surface area contributed by atoms with E-state index in [9.17, 15) is 4.39 Å². The summed E-state index contributed by atoms with van der Waals surface area (Å²) >= 11 is 10.4. The molecule has 0 radical (unpaired) electrons. The van der Waals surface area contributed by atoms with Crippen molar-refractivity contribution in [2.24, 2.45) is 0 Å². The summed E-state index contributed by atoms with van der Waals surface area (Å²) in [6, 6.07) is 9.12. The number of halogens is 2. The maximum atomic E-state index is 14.5. The molecule has 5 heteroatoms. The van der Waals surface area contributed by atoms with Crippen LogP contribution in [0.25, 0.3) is 5.57 Å². The van der Waals surface area contributed by atoms with Gasteiger partial charge in [0.2, 0.25) is 0 Å². The van der Waals surface area contributed by atoms with Gasteiger partial charge < -0.3 is 9.64 Å². The summed E-state index contributed by atoms with van der Waals surface area (Å²) in [5, 5.41) is 0.121. The van der Waals surface area contributed by atoms with Crippen LogP contribution in [0, 0.1) is 5.82 Å². The number of ether oxygens (including phenoxy) is 1. The summed E-state index contributed by atoms with van der Waals surface area (Å²) in [6.45, 7) is 17.8. The third-order valence-electron chi connectivity index (χ3n) is 4.94. The highest BCUT2D eigenvalue weighted by Crippen LogP contribution is 2.42. The van der Waals surface area contributed by atoms with E-state index in [1.165, 1.54) is 6.42 Å². The molecule has 32 heavy (non-hydrogen) atoms. The molecule has 1 heterocycles. The van der Waals surface area contributed by atoms with Crippen LogP contribution in [0.15, 0.2) is 60.8 Å². The number of thiol groups is 1. The van der Waals surface area contributed by atoms with Gasteiger partial charge in [0, 0.05) is 42.1 Å². The molecule has 0 unspecified atom stereocenters. The molecule has 0 fully saturated rings. The van der Waals surface area contributed by atoms with Gasteiger partial charge in [-0.15, -0.1) is 0 Å². The van der Waals surface area contributed by atoms with E-state index in [4.69, 9.17) is 16.3 Å². The van der Waals surface area contributed by atoms with E-state index in [2.05, 4.69) is 50.7 Å². The summed E-state index contributed by atoms with van der Waals surface area (Å²) in [7, 11) is 0. The Balaban J connectivity index is 0.00000114. The van der Waals surface area contributed by atoms with Crippen molar-refractivity contribution < 1.29 is 9.13 Å². The average Bonchev–Trinajstić information content (AvgIpc) is 2.74. The molecule has 2 aromatic carbocycles. The van der Waals surface area contributed by atoms with Gasteiger partial charge in [0.25, 0.3) is 0 Å². The van der Waals surface area contributed by atoms with Crippen LogP contribution in [0.1, 0.15) is 50.8 Å². The molecule has 172 valence electrons. The van der Waals surface area contributed by atoms with Gasteiger partial charge in [-0.25, -0.2) is 4.39 Å². The molecule has 0 aromatic heterocycles. The lowest BCUT2D eigenvalue weighted by Crippen LogP contribution is -2.24. The average molecular weight is 474 g/mol. The molecule has 0 amide bonds. The highest BCUT2D eigenvalue weighted by atomic mass is 35.5. The van der Waals surface area contributed by atoms with E-state index >= 15 is 0 Å². The molecule has 2 nitrogen and oxygen atoms in total. The van der Waals surface area contributed by atoms with Crippen LogP contribution >= 0.6 is 24.2 Å². The molecular formula is C27H33ClFNOS. The minimum absolute atomic E-state index is 0.121. The van der Waals surface area contributed by atoms with Crippen molar-refractivity contribution in [1.29, 1.82) is 0 Å². The van der Waals surface area contributed by atoms with E-state index in [1.54, 1.807) is 18.2 Å². The largest absolute Gasteiger partial charge is 0.494 e. The summed E-state index contributed by atoms with van der Waals surface area (Å²) in [6.07, 6.45) is 3.69. The number of anilines is 1. The predicted octanol–water partition coefficient (Wildman–Crippen LogP) is 8.11. The first-order valence-corrected chi connectivity index (χ1v) is 12.0. The first kappa shape index (κ1) is 26.1. The number of nitrogens with zero attached hydrogens (tertiary/aromatic N) is 1. The maximum absolute atomic E-state index is 14.5. The van der Waals surface area contributed by atoms with Crippen LogP contribution in [-0.4, -0.2) is 18.9 Å². The smallest absolute Gasteiger partial charge is 0.145 e. The van der Waals surface area contributed by atoms with Crippen LogP contribution < -0.4 is 9.64 Å². The Bertz CT molecular complexity index is 1010. The minimum atomic E-state index is -0.396. The highest BCUT2D eigenvalue weighted by molar-refractivity contribution is 7.80. The quantitative estimate of drug-likeness (QED) is 0.407. The zero-order valence-corrected chi connectivity index (χ0v) is 21.1. The molecule has 0 spiro atoms. The maximum Gasteiger partial charge on any atom is 0.145 e. The van der Waals surface area contributed by atoms with Crippen molar-refractivity contribution in [3.8, 4) is 5.75 Å². The first-order valence-electron chi connectivity index (χ1n) is 11.0. The first-order chi connectivity index (χ1) is 15.3. The van der Waals surface area contributed by atoms with Crippen molar-refractivity contribution in [3.05, 3.63) is 88.4 Å². The third kappa shape index (κ3) is 5.99. The molecule has 1 aliphatic rings. The van der Waals surface area contributed by atoms with Crippen molar-refractivity contribution in [2.45, 2.75) is 40.5 Å². The fraction of sp³-hybridized carbons (Fsp3) is 0.333. The molecule has 0 atom stereocenters. The van der Waals surface area contributed by atoms with Crippen LogP contribution in [-0.2, 0) is 6.42 Å². The lowest BCUT2D eigenvalue weighted by molar-refractivity contribution is 0.337. The second-order valence-corrected chi connectivity index (χ2v) is 8.58. The van der Waals surface area contributed by atoms with E-state index in [0.29, 0.717) is 24.3 Å². The summed E-state index contributed by atoms with van der Waals surface area (Å²) in [5.41, 5.74) is 6.27. The van der Waals surface area contributed by atoms with E-state index in [0.717, 1.165) is 45.8 Å². The van der Waals surface area contributed by atoms with Gasteiger partial charge in [0.05, 0.1) is 17.3 Å². The number of hydrogen-bond acceptors (Lipinski definition) is 3. The van der Waals surface area contributed by atoms with Crippen LogP contribution in [0.4, 0.5) is 10.1 Å². The molecule has 0 bridgehead atoms. The van der Waals surface area contributed by atoms with Crippen molar-refractivity contribution in [3.63, 3.8) is 0 Å². The zero-order valence-electron chi connectivity index (χ0n) is 19.5. The molecule has 0 saturated heterocycles. The van der Waals surface area contributed by atoms with Gasteiger partial charge in [0.15, 0.2) is 0 Å². The molecule has 1 aliphatic heterocycles. The number of fused-ring (bicyclic) bond motifs is 1. The molecule has 3 rings (SSSR count). The van der Waals surface area contributed by atoms with Gasteiger partial charge in [-0.2, -0.15) is 12.6 Å². The second kappa shape index (κ2) is 12.2. The fourth-order valence-corrected chi connectivity index (χ4v) is 3.93. The highest BCUT2D eigenvalue weighted by Gasteiger charge is 2.24.